The van der Waals surface area contributed by atoms with Crippen LogP contribution in [0.15, 0.2) is 11.6 Å². The highest BCUT2D eigenvalue weighted by Crippen LogP contribution is 2.50. The molecule has 0 aromatic heterocycles. The first-order chi connectivity index (χ1) is 7.44. The molecule has 0 amide bonds. The van der Waals surface area contributed by atoms with E-state index in [1.165, 1.54) is 37.7 Å². The van der Waals surface area contributed by atoms with Crippen LogP contribution in [0.1, 0.15) is 59.8 Å². The van der Waals surface area contributed by atoms with Crippen LogP contribution in [0.2, 0.25) is 0 Å². The summed E-state index contributed by atoms with van der Waals surface area (Å²) in [7, 11) is 0. The van der Waals surface area contributed by atoms with E-state index < -0.39 is 0 Å². The molecule has 2 rings (SSSR count). The molecule has 0 N–H and O–H groups in total. The second kappa shape index (κ2) is 4.18. The van der Waals surface area contributed by atoms with Crippen molar-refractivity contribution in [3.05, 3.63) is 11.6 Å². The molecule has 0 spiro atoms. The van der Waals surface area contributed by atoms with Gasteiger partial charge < -0.3 is 4.74 Å². The van der Waals surface area contributed by atoms with Crippen LogP contribution in [0.25, 0.3) is 0 Å². The van der Waals surface area contributed by atoms with Gasteiger partial charge in [0.25, 0.3) is 0 Å². The Kier molecular flexibility index (Phi) is 3.18. The maximum atomic E-state index is 6.20. The zero-order valence-electron chi connectivity index (χ0n) is 11.3. The molecule has 1 nitrogen and oxygen atoms in total. The fraction of sp³-hybridized carbons (Fsp3) is 0.867. The number of fused-ring (bicyclic) bond motifs is 1. The van der Waals surface area contributed by atoms with E-state index in [1.807, 2.05) is 0 Å². The summed E-state index contributed by atoms with van der Waals surface area (Å²) in [5, 5.41) is 0. The van der Waals surface area contributed by atoms with Crippen molar-refractivity contribution in [2.45, 2.75) is 65.4 Å². The SMILES string of the molecule is C/C1=C/CO[C@@]2(C)CCCC(C)(C)[C@H]2CC1. The summed E-state index contributed by atoms with van der Waals surface area (Å²) >= 11 is 0. The van der Waals surface area contributed by atoms with Gasteiger partial charge in [0.15, 0.2) is 0 Å². The van der Waals surface area contributed by atoms with Gasteiger partial charge in [-0.3, -0.25) is 0 Å². The molecule has 1 fully saturated rings. The molecule has 2 aliphatic rings. The average Bonchev–Trinajstić information content (AvgIpc) is 2.13. The molecular formula is C15H26O. The fourth-order valence-corrected chi connectivity index (χ4v) is 3.79. The van der Waals surface area contributed by atoms with Gasteiger partial charge in [-0.25, -0.2) is 0 Å². The summed E-state index contributed by atoms with van der Waals surface area (Å²) in [6.45, 7) is 10.3. The first kappa shape index (κ1) is 12.2. The maximum absolute atomic E-state index is 6.20. The Morgan fingerprint density at radius 3 is 2.75 bits per heavy atom. The van der Waals surface area contributed by atoms with Gasteiger partial charge in [0.1, 0.15) is 0 Å². The maximum Gasteiger partial charge on any atom is 0.0692 e. The predicted octanol–water partition coefficient (Wildman–Crippen LogP) is 4.33. The van der Waals surface area contributed by atoms with Crippen LogP contribution < -0.4 is 0 Å². The lowest BCUT2D eigenvalue weighted by atomic mass is 9.60. The third-order valence-electron chi connectivity index (χ3n) is 4.85. The van der Waals surface area contributed by atoms with Crippen molar-refractivity contribution >= 4 is 0 Å². The van der Waals surface area contributed by atoms with E-state index >= 15 is 0 Å². The van der Waals surface area contributed by atoms with Crippen molar-refractivity contribution in [1.29, 1.82) is 0 Å². The number of rotatable bonds is 0. The van der Waals surface area contributed by atoms with Crippen molar-refractivity contribution in [3.63, 3.8) is 0 Å². The van der Waals surface area contributed by atoms with Crippen LogP contribution in [0.4, 0.5) is 0 Å². The Labute approximate surface area is 100 Å². The summed E-state index contributed by atoms with van der Waals surface area (Å²) in [5.41, 5.74) is 2.08. The molecular weight excluding hydrogens is 196 g/mol. The van der Waals surface area contributed by atoms with Crippen molar-refractivity contribution < 1.29 is 4.74 Å². The van der Waals surface area contributed by atoms with Crippen LogP contribution in [0, 0.1) is 11.3 Å². The highest BCUT2D eigenvalue weighted by molar-refractivity contribution is 5.05. The van der Waals surface area contributed by atoms with Gasteiger partial charge in [0.2, 0.25) is 0 Å². The molecule has 92 valence electrons. The van der Waals surface area contributed by atoms with Gasteiger partial charge in [-0.05, 0) is 50.9 Å². The quantitative estimate of drug-likeness (QED) is 0.554. The van der Waals surface area contributed by atoms with Crippen molar-refractivity contribution in [2.75, 3.05) is 6.61 Å². The van der Waals surface area contributed by atoms with E-state index in [1.54, 1.807) is 0 Å². The molecule has 1 aliphatic carbocycles. The second-order valence-corrected chi connectivity index (χ2v) is 6.61. The molecule has 0 bridgehead atoms. The zero-order valence-corrected chi connectivity index (χ0v) is 11.3. The van der Waals surface area contributed by atoms with Crippen LogP contribution in [-0.2, 0) is 4.74 Å². The first-order valence-corrected chi connectivity index (χ1v) is 6.74. The number of allylic oxidation sites excluding steroid dienone is 1. The summed E-state index contributed by atoms with van der Waals surface area (Å²) in [5.74, 6) is 0.720. The van der Waals surface area contributed by atoms with Crippen molar-refractivity contribution in [1.82, 2.24) is 0 Å². The lowest BCUT2D eigenvalue weighted by Gasteiger charge is -2.51. The largest absolute Gasteiger partial charge is 0.371 e. The van der Waals surface area contributed by atoms with E-state index in [9.17, 15) is 0 Å². The molecule has 1 heterocycles. The normalized spacial score (nSPS) is 42.5. The van der Waals surface area contributed by atoms with Gasteiger partial charge in [-0.15, -0.1) is 0 Å². The monoisotopic (exact) mass is 222 g/mol. The van der Waals surface area contributed by atoms with Crippen LogP contribution in [-0.4, -0.2) is 12.2 Å². The molecule has 0 aromatic rings. The Bertz CT molecular complexity index is 290. The van der Waals surface area contributed by atoms with Gasteiger partial charge in [-0.2, -0.15) is 0 Å². The molecule has 16 heavy (non-hydrogen) atoms. The molecule has 0 saturated heterocycles. The molecule has 1 heteroatoms. The Morgan fingerprint density at radius 1 is 1.25 bits per heavy atom. The molecule has 0 aromatic carbocycles. The minimum absolute atomic E-state index is 0.124. The van der Waals surface area contributed by atoms with E-state index in [0.717, 1.165) is 12.5 Å². The number of ether oxygens (including phenoxy) is 1. The van der Waals surface area contributed by atoms with E-state index in [4.69, 9.17) is 4.74 Å². The molecule has 0 radical (unpaired) electrons. The first-order valence-electron chi connectivity index (χ1n) is 6.74. The minimum atomic E-state index is 0.124. The summed E-state index contributed by atoms with van der Waals surface area (Å²) in [6.07, 6.45) is 8.75. The smallest absolute Gasteiger partial charge is 0.0692 e. The van der Waals surface area contributed by atoms with Gasteiger partial charge >= 0.3 is 0 Å². The average molecular weight is 222 g/mol. The molecule has 0 unspecified atom stereocenters. The van der Waals surface area contributed by atoms with Crippen molar-refractivity contribution in [2.24, 2.45) is 11.3 Å². The number of hydrogen-bond acceptors (Lipinski definition) is 1. The van der Waals surface area contributed by atoms with Crippen LogP contribution in [0.3, 0.4) is 0 Å². The Balaban J connectivity index is 2.24. The van der Waals surface area contributed by atoms with Crippen LogP contribution in [0.5, 0.6) is 0 Å². The Hall–Kier alpha value is -0.300. The second-order valence-electron chi connectivity index (χ2n) is 6.61. The molecule has 2 atom stereocenters. The topological polar surface area (TPSA) is 9.23 Å². The zero-order chi connectivity index (χ0) is 11.8. The minimum Gasteiger partial charge on any atom is -0.371 e. The molecule has 1 aliphatic heterocycles. The summed E-state index contributed by atoms with van der Waals surface area (Å²) in [6, 6.07) is 0. The van der Waals surface area contributed by atoms with Crippen LogP contribution >= 0.6 is 0 Å². The third-order valence-corrected chi connectivity index (χ3v) is 4.85. The van der Waals surface area contributed by atoms with E-state index in [2.05, 4.69) is 33.8 Å². The standard InChI is InChI=1S/C15H26O/c1-12-6-7-13-14(2,3)9-5-10-15(13,4)16-11-8-12/h8,13H,5-7,9-11H2,1-4H3/b12-8-/t13-,15+/m1/s1. The highest BCUT2D eigenvalue weighted by atomic mass is 16.5. The van der Waals surface area contributed by atoms with E-state index in [-0.39, 0.29) is 5.60 Å². The Morgan fingerprint density at radius 2 is 2.00 bits per heavy atom. The van der Waals surface area contributed by atoms with Gasteiger partial charge in [0, 0.05) is 0 Å². The van der Waals surface area contributed by atoms with Crippen molar-refractivity contribution in [3.8, 4) is 0 Å². The summed E-state index contributed by atoms with van der Waals surface area (Å²) < 4.78 is 6.20. The van der Waals surface area contributed by atoms with E-state index in [0.29, 0.717) is 5.41 Å². The number of hydrogen-bond donors (Lipinski definition) is 0. The van der Waals surface area contributed by atoms with Gasteiger partial charge in [-0.1, -0.05) is 31.9 Å². The highest BCUT2D eigenvalue weighted by Gasteiger charge is 2.47. The predicted molar refractivity (Wildman–Crippen MR) is 68.5 cm³/mol. The lowest BCUT2D eigenvalue weighted by molar-refractivity contribution is -0.131. The van der Waals surface area contributed by atoms with Gasteiger partial charge in [0.05, 0.1) is 12.2 Å². The lowest BCUT2D eigenvalue weighted by Crippen LogP contribution is -2.49. The molecule has 1 saturated carbocycles. The fourth-order valence-electron chi connectivity index (χ4n) is 3.79. The summed E-state index contributed by atoms with van der Waals surface area (Å²) in [4.78, 5) is 0. The third kappa shape index (κ3) is 2.20.